The maximum absolute atomic E-state index is 12.2. The molecule has 2 fully saturated rings. The Hall–Kier alpha value is -2.43. The van der Waals surface area contributed by atoms with Crippen LogP contribution < -0.4 is 16.8 Å². The fraction of sp³-hybridized carbons (Fsp3) is 0.667. The van der Waals surface area contributed by atoms with Crippen molar-refractivity contribution in [1.29, 1.82) is 0 Å². The molecule has 0 spiro atoms. The molecule has 2 saturated heterocycles. The molecule has 0 radical (unpaired) electrons. The Morgan fingerprint density at radius 2 is 1.44 bits per heavy atom. The van der Waals surface area contributed by atoms with Gasteiger partial charge in [0.2, 0.25) is 0 Å². The maximum Gasteiger partial charge on any atom is 0.410 e. The largest absolute Gasteiger partial charge is 0.444 e. The average molecular weight is 586 g/mol. The summed E-state index contributed by atoms with van der Waals surface area (Å²) in [4.78, 5) is 14.0. The zero-order valence-corrected chi connectivity index (χ0v) is 25.9. The van der Waals surface area contributed by atoms with Gasteiger partial charge in [0.15, 0.2) is 0 Å². The molecule has 5 N–H and O–H groups in total. The second-order valence-electron chi connectivity index (χ2n) is 11.5. The van der Waals surface area contributed by atoms with E-state index in [1.807, 2.05) is 44.7 Å². The molecule has 2 aromatic heterocycles. The first-order valence-electron chi connectivity index (χ1n) is 13.3. The summed E-state index contributed by atoms with van der Waals surface area (Å²) in [6.45, 7) is 15.7. The van der Waals surface area contributed by atoms with Gasteiger partial charge in [-0.3, -0.25) is 0 Å². The lowest BCUT2D eigenvalue weighted by atomic mass is 9.87. The lowest BCUT2D eigenvalue weighted by Gasteiger charge is -2.38. The summed E-state index contributed by atoms with van der Waals surface area (Å²) >= 11 is 0. The summed E-state index contributed by atoms with van der Waals surface area (Å²) in [6.07, 6.45) is 3.77. The normalized spacial score (nSPS) is 22.9. The van der Waals surface area contributed by atoms with Crippen LogP contribution in [0.5, 0.6) is 0 Å². The lowest BCUT2D eigenvalue weighted by Crippen LogP contribution is -2.46. The molecule has 0 aliphatic carbocycles. The molecule has 0 bridgehead atoms. The summed E-state index contributed by atoms with van der Waals surface area (Å²) in [7, 11) is 0. The second-order valence-corrected chi connectivity index (χ2v) is 11.5. The number of carbonyl (C=O) groups excluding carboxylic acids is 1. The van der Waals surface area contributed by atoms with Crippen molar-refractivity contribution >= 4 is 42.5 Å². The van der Waals surface area contributed by atoms with Crippen LogP contribution in [0.4, 0.5) is 16.4 Å². The van der Waals surface area contributed by atoms with Gasteiger partial charge in [-0.25, -0.2) is 4.79 Å². The highest BCUT2D eigenvalue weighted by Crippen LogP contribution is 2.33. The van der Waals surface area contributed by atoms with E-state index < -0.39 is 5.60 Å². The average Bonchev–Trinajstić information content (AvgIpc) is 2.78. The van der Waals surface area contributed by atoms with E-state index in [1.54, 1.807) is 0 Å². The van der Waals surface area contributed by atoms with E-state index in [2.05, 4.69) is 46.5 Å². The fourth-order valence-corrected chi connectivity index (χ4v) is 5.23. The molecular weight excluding hydrogens is 539 g/mol. The van der Waals surface area contributed by atoms with Gasteiger partial charge in [0.25, 0.3) is 0 Å². The van der Waals surface area contributed by atoms with E-state index in [9.17, 15) is 4.79 Å². The summed E-state index contributed by atoms with van der Waals surface area (Å²) in [5.41, 5.74) is 15.1. The first-order chi connectivity index (χ1) is 17.3. The summed E-state index contributed by atoms with van der Waals surface area (Å²) in [6, 6.07) is 4.46. The number of piperidine rings is 2. The fourth-order valence-electron chi connectivity index (χ4n) is 5.23. The van der Waals surface area contributed by atoms with Crippen molar-refractivity contribution in [3.8, 4) is 0 Å². The number of anilines is 2. The number of aromatic nitrogens is 4. The number of nitrogens with one attached hydrogen (secondary N) is 1. The van der Waals surface area contributed by atoms with Gasteiger partial charge >= 0.3 is 6.09 Å². The Morgan fingerprint density at radius 3 is 1.87 bits per heavy atom. The third kappa shape index (κ3) is 9.92. The van der Waals surface area contributed by atoms with Gasteiger partial charge in [0, 0.05) is 30.5 Å². The van der Waals surface area contributed by atoms with Crippen LogP contribution in [0.2, 0.25) is 0 Å². The van der Waals surface area contributed by atoms with Crippen LogP contribution in [0, 0.1) is 13.8 Å². The van der Waals surface area contributed by atoms with Gasteiger partial charge in [-0.1, -0.05) is 0 Å². The predicted molar refractivity (Wildman–Crippen MR) is 161 cm³/mol. The molecular formula is C27H46Cl2N8O2. The van der Waals surface area contributed by atoms with E-state index in [0.29, 0.717) is 36.1 Å². The van der Waals surface area contributed by atoms with E-state index in [1.165, 1.54) is 5.56 Å². The molecule has 10 nitrogen and oxygen atoms in total. The number of hydrogen-bond acceptors (Lipinski definition) is 9. The summed E-state index contributed by atoms with van der Waals surface area (Å²) in [5.74, 6) is 1.80. The molecule has 0 saturated carbocycles. The number of rotatable bonds is 2. The van der Waals surface area contributed by atoms with Crippen LogP contribution >= 0.6 is 24.8 Å². The SMILES string of the molecule is Cc1cc(N)nnc1[C@@H]1CCN(C(=O)OC(C)(C)C)[C@@H](C)C1.Cc1cc(N)nnc1[C@@H]1CCN[C@@H](C)C1.Cl.Cl. The van der Waals surface area contributed by atoms with Crippen LogP contribution in [0.15, 0.2) is 12.1 Å². The highest BCUT2D eigenvalue weighted by Gasteiger charge is 2.33. The van der Waals surface area contributed by atoms with Crippen molar-refractivity contribution in [3.63, 3.8) is 0 Å². The topological polar surface area (TPSA) is 145 Å². The number of ether oxygens (including phenoxy) is 1. The molecule has 4 heterocycles. The number of carbonyl (C=O) groups is 1. The Kier molecular flexibility index (Phi) is 13.1. The number of likely N-dealkylation sites (tertiary alicyclic amines) is 1. The summed E-state index contributed by atoms with van der Waals surface area (Å²) < 4.78 is 5.47. The molecule has 0 unspecified atom stereocenters. The molecule has 4 rings (SSSR count). The maximum atomic E-state index is 12.2. The highest BCUT2D eigenvalue weighted by molar-refractivity contribution is 5.85. The first-order valence-corrected chi connectivity index (χ1v) is 13.3. The minimum Gasteiger partial charge on any atom is -0.444 e. The van der Waals surface area contributed by atoms with E-state index in [0.717, 1.165) is 49.2 Å². The van der Waals surface area contributed by atoms with Crippen LogP contribution in [0.1, 0.15) is 94.7 Å². The molecule has 220 valence electrons. The van der Waals surface area contributed by atoms with Crippen LogP contribution in [0.3, 0.4) is 0 Å². The number of nitrogen functional groups attached to an aromatic ring is 2. The minimum absolute atomic E-state index is 0. The number of amides is 1. The highest BCUT2D eigenvalue weighted by atomic mass is 35.5. The zero-order chi connectivity index (χ0) is 27.3. The van der Waals surface area contributed by atoms with Gasteiger partial charge in [0.05, 0.1) is 11.4 Å². The second kappa shape index (κ2) is 14.8. The number of halogens is 2. The van der Waals surface area contributed by atoms with Gasteiger partial charge in [0.1, 0.15) is 17.2 Å². The van der Waals surface area contributed by atoms with Crippen molar-refractivity contribution in [2.75, 3.05) is 24.6 Å². The van der Waals surface area contributed by atoms with Crippen LogP contribution in [0.25, 0.3) is 0 Å². The van der Waals surface area contributed by atoms with Gasteiger partial charge in [-0.05, 0) is 104 Å². The molecule has 2 aromatic rings. The van der Waals surface area contributed by atoms with Crippen LogP contribution in [-0.2, 0) is 4.74 Å². The Bertz CT molecular complexity index is 1080. The minimum atomic E-state index is -0.466. The van der Waals surface area contributed by atoms with Crippen molar-refractivity contribution < 1.29 is 9.53 Å². The Balaban J connectivity index is 0.000000394. The quantitative estimate of drug-likeness (QED) is 0.446. The predicted octanol–water partition coefficient (Wildman–Crippen LogP) is 4.94. The van der Waals surface area contributed by atoms with Crippen molar-refractivity contribution in [1.82, 2.24) is 30.6 Å². The smallest absolute Gasteiger partial charge is 0.410 e. The Labute approximate surface area is 245 Å². The van der Waals surface area contributed by atoms with Gasteiger partial charge in [-0.15, -0.1) is 35.0 Å². The summed E-state index contributed by atoms with van der Waals surface area (Å²) in [5, 5.41) is 19.8. The number of hydrogen-bond donors (Lipinski definition) is 3. The number of nitrogens with zero attached hydrogens (tertiary/aromatic N) is 5. The lowest BCUT2D eigenvalue weighted by molar-refractivity contribution is 0.0102. The standard InChI is InChI=1S/C16H26N4O2.C11H18N4.2ClH/c1-10-8-13(17)18-19-14(10)12-6-7-20(11(2)9-12)15(21)22-16(3,4)5;1-7-5-10(12)14-15-11(7)9-3-4-13-8(2)6-9;;/h8,11-12H,6-7,9H2,1-5H3,(H2,17,18);5,8-9,13H,3-4,6H2,1-2H3,(H2,12,14);2*1H/t11-,12+;8-,9+;;/m00../s1. The van der Waals surface area contributed by atoms with Crippen molar-refractivity contribution in [3.05, 3.63) is 34.6 Å². The molecule has 4 atom stereocenters. The van der Waals surface area contributed by atoms with Crippen molar-refractivity contribution in [2.24, 2.45) is 0 Å². The molecule has 39 heavy (non-hydrogen) atoms. The van der Waals surface area contributed by atoms with Crippen molar-refractivity contribution in [2.45, 2.75) is 104 Å². The Morgan fingerprint density at radius 1 is 0.923 bits per heavy atom. The molecule has 2 aliphatic heterocycles. The first kappa shape index (κ1) is 34.6. The third-order valence-corrected chi connectivity index (χ3v) is 6.98. The zero-order valence-electron chi connectivity index (χ0n) is 24.2. The third-order valence-electron chi connectivity index (χ3n) is 6.98. The number of nitrogens with two attached hydrogens (primary N) is 2. The van der Waals surface area contributed by atoms with Gasteiger partial charge < -0.3 is 26.4 Å². The molecule has 1 amide bonds. The molecule has 12 heteroatoms. The van der Waals surface area contributed by atoms with E-state index in [4.69, 9.17) is 16.2 Å². The van der Waals surface area contributed by atoms with Gasteiger partial charge in [-0.2, -0.15) is 10.2 Å². The number of aryl methyl sites for hydroxylation is 2. The van der Waals surface area contributed by atoms with E-state index in [-0.39, 0.29) is 36.9 Å². The monoisotopic (exact) mass is 584 g/mol. The molecule has 0 aromatic carbocycles. The molecule has 2 aliphatic rings. The van der Waals surface area contributed by atoms with Crippen LogP contribution in [-0.4, -0.2) is 62.2 Å². The van der Waals surface area contributed by atoms with E-state index >= 15 is 0 Å².